The third-order valence-electron chi connectivity index (χ3n) is 3.84. The number of carbonyl (C=O) groups is 1. The van der Waals surface area contributed by atoms with Crippen molar-refractivity contribution in [2.24, 2.45) is 0 Å². The molecule has 0 aromatic carbocycles. The first kappa shape index (κ1) is 19.1. The van der Waals surface area contributed by atoms with Gasteiger partial charge in [0.2, 0.25) is 5.91 Å². The molecule has 0 fully saturated rings. The zero-order valence-corrected chi connectivity index (χ0v) is 17.6. The van der Waals surface area contributed by atoms with Crippen LogP contribution >= 0.6 is 34.4 Å². The molecule has 3 heterocycles. The normalized spacial score (nSPS) is 12.7. The lowest BCUT2D eigenvalue weighted by atomic mass is 10.2. The number of aromatic nitrogens is 2. The Hall–Kier alpha value is -1.64. The van der Waals surface area contributed by atoms with E-state index in [1.54, 1.807) is 15.9 Å². The minimum Gasteiger partial charge on any atom is -0.353 e. The SMILES string of the molecule is CCn1c(S[C@@H](C)C(=O)NC(C)C)nc2scc(-c3cccs3)c2c1=O. The molecule has 0 aliphatic heterocycles. The Morgan fingerprint density at radius 1 is 1.35 bits per heavy atom. The van der Waals surface area contributed by atoms with E-state index in [9.17, 15) is 9.59 Å². The maximum Gasteiger partial charge on any atom is 0.263 e. The van der Waals surface area contributed by atoms with Gasteiger partial charge in [-0.1, -0.05) is 17.8 Å². The first-order valence-corrected chi connectivity index (χ1v) is 11.1. The number of thiophene rings is 2. The molecule has 0 spiro atoms. The summed E-state index contributed by atoms with van der Waals surface area (Å²) in [6.07, 6.45) is 0. The van der Waals surface area contributed by atoms with Gasteiger partial charge in [0.15, 0.2) is 5.16 Å². The summed E-state index contributed by atoms with van der Waals surface area (Å²) in [6.45, 7) is 8.14. The lowest BCUT2D eigenvalue weighted by molar-refractivity contribution is -0.120. The van der Waals surface area contributed by atoms with Crippen molar-refractivity contribution in [3.05, 3.63) is 33.2 Å². The van der Waals surface area contributed by atoms with Crippen LogP contribution in [0.3, 0.4) is 0 Å². The highest BCUT2D eigenvalue weighted by Crippen LogP contribution is 2.35. The molecule has 0 unspecified atom stereocenters. The summed E-state index contributed by atoms with van der Waals surface area (Å²) in [7, 11) is 0. The first-order valence-electron chi connectivity index (χ1n) is 8.45. The van der Waals surface area contributed by atoms with Crippen molar-refractivity contribution >= 4 is 50.6 Å². The molecule has 0 saturated heterocycles. The van der Waals surface area contributed by atoms with Crippen LogP contribution in [0.1, 0.15) is 27.7 Å². The molecule has 0 saturated carbocycles. The molecule has 0 bridgehead atoms. The fourth-order valence-electron chi connectivity index (χ4n) is 2.60. The van der Waals surface area contributed by atoms with Crippen LogP contribution in [-0.2, 0) is 11.3 Å². The second-order valence-corrected chi connectivity index (χ2v) is 9.29. The highest BCUT2D eigenvalue weighted by atomic mass is 32.2. The Kier molecular flexibility index (Phi) is 5.84. The second kappa shape index (κ2) is 7.94. The molecule has 1 N–H and O–H groups in total. The highest BCUT2D eigenvalue weighted by molar-refractivity contribution is 8.00. The number of hydrogen-bond acceptors (Lipinski definition) is 6. The van der Waals surface area contributed by atoms with Crippen LogP contribution < -0.4 is 10.9 Å². The fourth-order valence-corrected chi connectivity index (χ4v) is 5.39. The summed E-state index contributed by atoms with van der Waals surface area (Å²) in [6, 6.07) is 4.08. The number of nitrogens with zero attached hydrogens (tertiary/aromatic N) is 2. The lowest BCUT2D eigenvalue weighted by Crippen LogP contribution is -2.36. The topological polar surface area (TPSA) is 64.0 Å². The van der Waals surface area contributed by atoms with E-state index in [0.717, 1.165) is 15.3 Å². The predicted molar refractivity (Wildman–Crippen MR) is 111 cm³/mol. The van der Waals surface area contributed by atoms with Gasteiger partial charge in [0.25, 0.3) is 5.56 Å². The quantitative estimate of drug-likeness (QED) is 0.491. The summed E-state index contributed by atoms with van der Waals surface area (Å²) in [5.74, 6) is -0.0487. The molecule has 1 atom stereocenters. The molecule has 0 radical (unpaired) electrons. The van der Waals surface area contributed by atoms with Crippen LogP contribution in [0.25, 0.3) is 20.7 Å². The molecular formula is C18H21N3O2S3. The molecule has 0 aliphatic rings. The third kappa shape index (κ3) is 3.72. The summed E-state index contributed by atoms with van der Waals surface area (Å²) < 4.78 is 1.66. The molecule has 5 nitrogen and oxygen atoms in total. The summed E-state index contributed by atoms with van der Waals surface area (Å²) in [5.41, 5.74) is 0.906. The monoisotopic (exact) mass is 407 g/mol. The number of fused-ring (bicyclic) bond motifs is 1. The predicted octanol–water partition coefficient (Wildman–Crippen LogP) is 4.21. The number of amides is 1. The van der Waals surface area contributed by atoms with E-state index in [4.69, 9.17) is 4.98 Å². The van der Waals surface area contributed by atoms with Gasteiger partial charge in [0.1, 0.15) is 4.83 Å². The van der Waals surface area contributed by atoms with Gasteiger partial charge in [-0.15, -0.1) is 22.7 Å². The van der Waals surface area contributed by atoms with E-state index in [0.29, 0.717) is 17.1 Å². The van der Waals surface area contributed by atoms with E-state index in [1.165, 1.54) is 23.1 Å². The number of rotatable bonds is 6. The Balaban J connectivity index is 2.03. The van der Waals surface area contributed by atoms with E-state index in [2.05, 4.69) is 5.32 Å². The van der Waals surface area contributed by atoms with Crippen LogP contribution in [0.15, 0.2) is 32.8 Å². The number of carbonyl (C=O) groups excluding carboxylic acids is 1. The van der Waals surface area contributed by atoms with Crippen LogP contribution in [0, 0.1) is 0 Å². The van der Waals surface area contributed by atoms with Gasteiger partial charge in [-0.25, -0.2) is 4.98 Å². The molecular weight excluding hydrogens is 386 g/mol. The Morgan fingerprint density at radius 3 is 2.73 bits per heavy atom. The average Bonchev–Trinajstić information content (AvgIpc) is 3.23. The minimum atomic E-state index is -0.323. The van der Waals surface area contributed by atoms with Crippen LogP contribution in [0.5, 0.6) is 0 Å². The molecule has 8 heteroatoms. The highest BCUT2D eigenvalue weighted by Gasteiger charge is 2.21. The molecule has 0 aliphatic carbocycles. The number of nitrogens with one attached hydrogen (secondary N) is 1. The smallest absolute Gasteiger partial charge is 0.263 e. The lowest BCUT2D eigenvalue weighted by Gasteiger charge is -2.16. The van der Waals surface area contributed by atoms with Gasteiger partial charge in [0, 0.05) is 28.4 Å². The zero-order chi connectivity index (χ0) is 18.8. The van der Waals surface area contributed by atoms with Crippen molar-refractivity contribution in [1.29, 1.82) is 0 Å². The Labute approximate surface area is 164 Å². The van der Waals surface area contributed by atoms with Crippen molar-refractivity contribution in [3.8, 4) is 10.4 Å². The molecule has 3 rings (SSSR count). The number of hydrogen-bond donors (Lipinski definition) is 1. The van der Waals surface area contributed by atoms with Crippen molar-refractivity contribution in [2.75, 3.05) is 0 Å². The number of thioether (sulfide) groups is 1. The molecule has 138 valence electrons. The Bertz CT molecular complexity index is 974. The molecule has 3 aromatic rings. The van der Waals surface area contributed by atoms with Gasteiger partial charge in [-0.3, -0.25) is 14.2 Å². The van der Waals surface area contributed by atoms with Crippen LogP contribution in [0.4, 0.5) is 0 Å². The van der Waals surface area contributed by atoms with Gasteiger partial charge < -0.3 is 5.32 Å². The van der Waals surface area contributed by atoms with Crippen molar-refractivity contribution in [3.63, 3.8) is 0 Å². The van der Waals surface area contributed by atoms with Gasteiger partial charge in [-0.2, -0.15) is 0 Å². The molecule has 3 aromatic heterocycles. The van der Waals surface area contributed by atoms with E-state index in [1.807, 2.05) is 50.6 Å². The van der Waals surface area contributed by atoms with Gasteiger partial charge in [0.05, 0.1) is 10.6 Å². The molecule has 26 heavy (non-hydrogen) atoms. The summed E-state index contributed by atoms with van der Waals surface area (Å²) >= 11 is 4.42. The van der Waals surface area contributed by atoms with E-state index >= 15 is 0 Å². The molecule has 1 amide bonds. The van der Waals surface area contributed by atoms with E-state index in [-0.39, 0.29) is 22.8 Å². The fraction of sp³-hybridized carbons (Fsp3) is 0.389. The Morgan fingerprint density at radius 2 is 2.12 bits per heavy atom. The zero-order valence-electron chi connectivity index (χ0n) is 15.1. The minimum absolute atomic E-state index is 0.0406. The van der Waals surface area contributed by atoms with Crippen molar-refractivity contribution < 1.29 is 4.79 Å². The van der Waals surface area contributed by atoms with Gasteiger partial charge in [-0.05, 0) is 39.1 Å². The third-order valence-corrected chi connectivity index (χ3v) is 6.71. The maximum absolute atomic E-state index is 13.1. The van der Waals surface area contributed by atoms with Crippen molar-refractivity contribution in [2.45, 2.75) is 50.7 Å². The summed E-state index contributed by atoms with van der Waals surface area (Å²) in [4.78, 5) is 31.8. The average molecular weight is 408 g/mol. The largest absolute Gasteiger partial charge is 0.353 e. The summed E-state index contributed by atoms with van der Waals surface area (Å²) in [5, 5.41) is 7.84. The standard InChI is InChI=1S/C18H21N3O2S3/c1-5-21-17(23)14-12(13-7-6-8-24-13)9-25-16(14)20-18(21)26-11(4)15(22)19-10(2)3/h6-11H,5H2,1-4H3,(H,19,22)/t11-/m0/s1. The maximum atomic E-state index is 13.1. The second-order valence-electron chi connectivity index (χ2n) is 6.17. The van der Waals surface area contributed by atoms with E-state index < -0.39 is 0 Å². The van der Waals surface area contributed by atoms with Crippen molar-refractivity contribution in [1.82, 2.24) is 14.9 Å². The van der Waals surface area contributed by atoms with Crippen LogP contribution in [-0.4, -0.2) is 26.8 Å². The van der Waals surface area contributed by atoms with Crippen LogP contribution in [0.2, 0.25) is 0 Å². The first-order chi connectivity index (χ1) is 12.4. The van der Waals surface area contributed by atoms with Gasteiger partial charge >= 0.3 is 0 Å².